The molecule has 3 unspecified atom stereocenters. The molecule has 2 aromatic heterocycles. The highest BCUT2D eigenvalue weighted by Crippen LogP contribution is 2.28. The van der Waals surface area contributed by atoms with E-state index in [9.17, 15) is 4.79 Å². The minimum absolute atomic E-state index is 0.0593. The van der Waals surface area contributed by atoms with Gasteiger partial charge in [-0.05, 0) is 66.8 Å². The number of rotatable bonds is 10. The van der Waals surface area contributed by atoms with Gasteiger partial charge in [0.1, 0.15) is 5.75 Å². The van der Waals surface area contributed by atoms with E-state index < -0.39 is 0 Å². The number of ether oxygens (including phenoxy) is 3. The molecule has 4 heterocycles. The van der Waals surface area contributed by atoms with E-state index in [0.29, 0.717) is 25.2 Å². The molecule has 188 valence electrons. The monoisotopic (exact) mass is 482 g/mol. The Bertz CT molecular complexity index is 1180. The van der Waals surface area contributed by atoms with Crippen LogP contribution in [0.2, 0.25) is 0 Å². The van der Waals surface area contributed by atoms with Gasteiger partial charge in [-0.3, -0.25) is 9.69 Å². The van der Waals surface area contributed by atoms with E-state index in [-0.39, 0.29) is 23.8 Å². The second-order valence-electron chi connectivity index (χ2n) is 9.42. The van der Waals surface area contributed by atoms with Gasteiger partial charge < -0.3 is 19.2 Å². The van der Waals surface area contributed by atoms with Crippen molar-refractivity contribution in [3.8, 4) is 5.75 Å². The van der Waals surface area contributed by atoms with Crippen molar-refractivity contribution in [2.75, 3.05) is 26.9 Å². The second-order valence-corrected chi connectivity index (χ2v) is 9.42. The molecule has 10 heteroatoms. The molecule has 2 aliphatic heterocycles. The minimum atomic E-state index is -0.0891. The summed E-state index contributed by atoms with van der Waals surface area (Å²) in [6.07, 6.45) is 5.23. The van der Waals surface area contributed by atoms with Gasteiger partial charge in [-0.1, -0.05) is 6.92 Å². The van der Waals surface area contributed by atoms with E-state index in [0.717, 1.165) is 67.8 Å². The molecule has 3 atom stereocenters. The van der Waals surface area contributed by atoms with Crippen LogP contribution in [0.1, 0.15) is 56.5 Å². The zero-order valence-electron chi connectivity index (χ0n) is 20.5. The van der Waals surface area contributed by atoms with Crippen LogP contribution in [0.3, 0.4) is 0 Å². The Morgan fingerprint density at radius 1 is 1.20 bits per heavy atom. The largest absolute Gasteiger partial charge is 0.497 e. The molecule has 10 nitrogen and oxygen atoms in total. The first-order valence-corrected chi connectivity index (χ1v) is 12.6. The van der Waals surface area contributed by atoms with E-state index in [1.165, 1.54) is 0 Å². The number of H-pyrrole nitrogens is 1. The molecule has 1 N–H and O–H groups in total. The normalized spacial score (nSPS) is 21.2. The van der Waals surface area contributed by atoms with Gasteiger partial charge >= 0.3 is 0 Å². The van der Waals surface area contributed by atoms with Crippen LogP contribution in [-0.4, -0.2) is 69.2 Å². The summed E-state index contributed by atoms with van der Waals surface area (Å²) in [6, 6.07) is 7.57. The molecule has 0 aliphatic carbocycles. The fraction of sp³-hybridized carbons (Fsp3) is 0.600. The summed E-state index contributed by atoms with van der Waals surface area (Å²) < 4.78 is 19.1. The lowest BCUT2D eigenvalue weighted by molar-refractivity contribution is 0.0470. The first-order valence-electron chi connectivity index (χ1n) is 12.6. The lowest BCUT2D eigenvalue weighted by Crippen LogP contribution is -2.38. The Labute approximate surface area is 204 Å². The number of fused-ring (bicyclic) bond motifs is 1. The van der Waals surface area contributed by atoms with Crippen molar-refractivity contribution in [2.45, 2.75) is 70.4 Å². The van der Waals surface area contributed by atoms with E-state index in [1.807, 2.05) is 28.9 Å². The number of hydrogen-bond acceptors (Lipinski definition) is 8. The van der Waals surface area contributed by atoms with Crippen LogP contribution in [0.4, 0.5) is 0 Å². The molecule has 0 amide bonds. The predicted octanol–water partition coefficient (Wildman–Crippen LogP) is 2.83. The zero-order chi connectivity index (χ0) is 24.2. The van der Waals surface area contributed by atoms with Crippen LogP contribution < -0.4 is 10.3 Å². The molecule has 0 bridgehead atoms. The van der Waals surface area contributed by atoms with Crippen molar-refractivity contribution in [3.63, 3.8) is 0 Å². The number of aromatic amines is 1. The fourth-order valence-electron chi connectivity index (χ4n) is 5.21. The van der Waals surface area contributed by atoms with Crippen LogP contribution in [0.5, 0.6) is 5.75 Å². The molecule has 0 saturated carbocycles. The summed E-state index contributed by atoms with van der Waals surface area (Å²) >= 11 is 0. The lowest BCUT2D eigenvalue weighted by atomic mass is 10.1. The van der Waals surface area contributed by atoms with Gasteiger partial charge in [0.25, 0.3) is 5.56 Å². The highest BCUT2D eigenvalue weighted by Gasteiger charge is 2.30. The van der Waals surface area contributed by atoms with Gasteiger partial charge in [0, 0.05) is 42.8 Å². The number of methoxy groups -OCH3 is 1. The van der Waals surface area contributed by atoms with Gasteiger partial charge in [-0.25, -0.2) is 4.68 Å². The first-order chi connectivity index (χ1) is 17.1. The Morgan fingerprint density at radius 2 is 2.00 bits per heavy atom. The van der Waals surface area contributed by atoms with Crippen molar-refractivity contribution >= 4 is 10.9 Å². The Balaban J connectivity index is 1.46. The molecular formula is C25H34N6O4. The number of hydrogen-bond donors (Lipinski definition) is 1. The van der Waals surface area contributed by atoms with Gasteiger partial charge in [-0.15, -0.1) is 5.10 Å². The standard InChI is InChI=1S/C25H34N6O4/c1-3-23(24-27-28-29-31(24)16-21-7-5-11-35-21)30(15-20-6-4-10-34-20)14-18-12-17-13-19(33-2)8-9-22(17)26-25(18)32/h8-9,12-13,20-21,23H,3-7,10-11,14-16H2,1-2H3,(H,26,32). The Hall–Kier alpha value is -2.82. The summed E-state index contributed by atoms with van der Waals surface area (Å²) in [5.74, 6) is 1.56. The Morgan fingerprint density at radius 3 is 2.71 bits per heavy atom. The number of nitrogens with one attached hydrogen (secondary N) is 1. The van der Waals surface area contributed by atoms with Crippen LogP contribution >= 0.6 is 0 Å². The van der Waals surface area contributed by atoms with Crippen molar-refractivity contribution in [2.24, 2.45) is 0 Å². The van der Waals surface area contributed by atoms with Crippen molar-refractivity contribution < 1.29 is 14.2 Å². The number of nitrogens with zero attached hydrogens (tertiary/aromatic N) is 5. The Kier molecular flexibility index (Phi) is 7.40. The second kappa shape index (κ2) is 10.8. The van der Waals surface area contributed by atoms with Gasteiger partial charge in [0.05, 0.1) is 31.9 Å². The third kappa shape index (κ3) is 5.39. The average molecular weight is 483 g/mol. The van der Waals surface area contributed by atoms with Gasteiger partial charge in [0.15, 0.2) is 5.82 Å². The zero-order valence-corrected chi connectivity index (χ0v) is 20.5. The van der Waals surface area contributed by atoms with Crippen LogP contribution in [0.25, 0.3) is 10.9 Å². The summed E-state index contributed by atoms with van der Waals surface area (Å²) in [7, 11) is 1.64. The smallest absolute Gasteiger partial charge is 0.252 e. The van der Waals surface area contributed by atoms with Crippen LogP contribution in [-0.2, 0) is 22.6 Å². The predicted molar refractivity (Wildman–Crippen MR) is 130 cm³/mol. The fourth-order valence-corrected chi connectivity index (χ4v) is 5.21. The number of benzene rings is 1. The van der Waals surface area contributed by atoms with E-state index in [4.69, 9.17) is 14.2 Å². The molecule has 35 heavy (non-hydrogen) atoms. The third-order valence-electron chi connectivity index (χ3n) is 7.05. The molecule has 0 radical (unpaired) electrons. The van der Waals surface area contributed by atoms with Gasteiger partial charge in [-0.2, -0.15) is 0 Å². The lowest BCUT2D eigenvalue weighted by Gasteiger charge is -2.32. The molecule has 1 aromatic carbocycles. The highest BCUT2D eigenvalue weighted by atomic mass is 16.5. The van der Waals surface area contributed by atoms with E-state index >= 15 is 0 Å². The number of tetrazole rings is 1. The topological polar surface area (TPSA) is 107 Å². The maximum Gasteiger partial charge on any atom is 0.252 e. The summed E-state index contributed by atoms with van der Waals surface area (Å²) in [5, 5.41) is 13.6. The number of aromatic nitrogens is 5. The third-order valence-corrected chi connectivity index (χ3v) is 7.05. The molecular weight excluding hydrogens is 448 g/mol. The van der Waals surface area contributed by atoms with Gasteiger partial charge in [0.2, 0.25) is 0 Å². The average Bonchev–Trinajstić information content (AvgIpc) is 3.65. The van der Waals surface area contributed by atoms with Crippen molar-refractivity contribution in [1.82, 2.24) is 30.1 Å². The van der Waals surface area contributed by atoms with Crippen molar-refractivity contribution in [3.05, 3.63) is 46.0 Å². The molecule has 0 spiro atoms. The SMILES string of the molecule is CCC(c1nnnn1CC1CCCO1)N(Cc1cc2cc(OC)ccc2[nH]c1=O)CC1CCCO1. The maximum atomic E-state index is 13.0. The molecule has 2 fully saturated rings. The molecule has 2 aliphatic rings. The molecule has 2 saturated heterocycles. The quantitative estimate of drug-likeness (QED) is 0.470. The minimum Gasteiger partial charge on any atom is -0.497 e. The van der Waals surface area contributed by atoms with Crippen molar-refractivity contribution in [1.29, 1.82) is 0 Å². The van der Waals surface area contributed by atoms with Crippen LogP contribution in [0, 0.1) is 0 Å². The maximum absolute atomic E-state index is 13.0. The highest BCUT2D eigenvalue weighted by molar-refractivity contribution is 5.80. The summed E-state index contributed by atoms with van der Waals surface area (Å²) in [6.45, 7) is 5.52. The van der Waals surface area contributed by atoms with Crippen LogP contribution in [0.15, 0.2) is 29.1 Å². The molecule has 3 aromatic rings. The number of pyridine rings is 1. The summed E-state index contributed by atoms with van der Waals surface area (Å²) in [4.78, 5) is 18.4. The van der Waals surface area contributed by atoms with E-state index in [2.05, 4.69) is 32.3 Å². The summed E-state index contributed by atoms with van der Waals surface area (Å²) in [5.41, 5.74) is 1.40. The molecule has 5 rings (SSSR count). The van der Waals surface area contributed by atoms with E-state index in [1.54, 1.807) is 7.11 Å². The first kappa shape index (κ1) is 23.9.